The first-order valence-electron chi connectivity index (χ1n) is 9.47. The van der Waals surface area contributed by atoms with Gasteiger partial charge in [0.25, 0.3) is 0 Å². The number of H-pyrrole nitrogens is 1. The minimum atomic E-state index is 0.0884. The van der Waals surface area contributed by atoms with Gasteiger partial charge in [-0.1, -0.05) is 33.3 Å². The summed E-state index contributed by atoms with van der Waals surface area (Å²) in [5.41, 5.74) is 4.40. The zero-order valence-corrected chi connectivity index (χ0v) is 15.8. The second-order valence-corrected chi connectivity index (χ2v) is 8.61. The van der Waals surface area contributed by atoms with Crippen molar-refractivity contribution in [2.75, 3.05) is 20.2 Å². The Hall–Kier alpha value is -1.13. The summed E-state index contributed by atoms with van der Waals surface area (Å²) in [6, 6.07) is 0. The summed E-state index contributed by atoms with van der Waals surface area (Å²) in [7, 11) is 2.20. The predicted octanol–water partition coefficient (Wildman–Crippen LogP) is 4.39. The van der Waals surface area contributed by atoms with E-state index in [0.29, 0.717) is 5.41 Å². The molecule has 1 unspecified atom stereocenters. The normalized spacial score (nSPS) is 26.3. The minimum absolute atomic E-state index is 0.0884. The maximum atomic E-state index is 6.22. The van der Waals surface area contributed by atoms with Crippen molar-refractivity contribution in [1.29, 1.82) is 0 Å². The number of nitrogens with zero attached hydrogens (tertiary/aromatic N) is 2. The molecule has 0 saturated carbocycles. The smallest absolute Gasteiger partial charge is 0.0726 e. The highest BCUT2D eigenvalue weighted by atomic mass is 16.5. The molecule has 1 fully saturated rings. The highest BCUT2D eigenvalue weighted by molar-refractivity contribution is 5.66. The number of aromatic amines is 1. The van der Waals surface area contributed by atoms with Crippen LogP contribution >= 0.6 is 0 Å². The number of hydrogen-bond acceptors (Lipinski definition) is 3. The van der Waals surface area contributed by atoms with E-state index in [2.05, 4.69) is 49.0 Å². The monoisotopic (exact) mass is 331 g/mol. The second kappa shape index (κ2) is 7.01. The van der Waals surface area contributed by atoms with E-state index in [1.807, 2.05) is 6.20 Å². The fourth-order valence-corrected chi connectivity index (χ4v) is 4.22. The number of nitrogens with one attached hydrogen (secondary N) is 1. The Morgan fingerprint density at radius 2 is 2.21 bits per heavy atom. The maximum absolute atomic E-state index is 6.22. The Kier molecular flexibility index (Phi) is 5.16. The molecule has 2 heterocycles. The molecular formula is C20H33N3O. The molecule has 0 aromatic carbocycles. The van der Waals surface area contributed by atoms with Crippen LogP contribution in [0.1, 0.15) is 70.6 Å². The van der Waals surface area contributed by atoms with Gasteiger partial charge < -0.3 is 9.64 Å². The molecule has 24 heavy (non-hydrogen) atoms. The number of hydrogen-bond donors (Lipinski definition) is 1. The molecule has 2 aliphatic rings. The van der Waals surface area contributed by atoms with Crippen molar-refractivity contribution in [3.63, 3.8) is 0 Å². The van der Waals surface area contributed by atoms with Gasteiger partial charge in [0, 0.05) is 12.1 Å². The Morgan fingerprint density at radius 3 is 2.83 bits per heavy atom. The van der Waals surface area contributed by atoms with Gasteiger partial charge in [-0.25, -0.2) is 0 Å². The van der Waals surface area contributed by atoms with Gasteiger partial charge in [-0.3, -0.25) is 5.10 Å². The van der Waals surface area contributed by atoms with E-state index in [1.165, 1.54) is 36.1 Å². The molecule has 1 aromatic rings. The summed E-state index contributed by atoms with van der Waals surface area (Å²) in [5.74, 6) is 0. The van der Waals surface area contributed by atoms with Crippen molar-refractivity contribution in [1.82, 2.24) is 15.1 Å². The van der Waals surface area contributed by atoms with Gasteiger partial charge in [0.05, 0.1) is 24.1 Å². The van der Waals surface area contributed by atoms with Crippen LogP contribution in [0, 0.1) is 5.41 Å². The lowest BCUT2D eigenvalue weighted by atomic mass is 9.76. The Morgan fingerprint density at radius 1 is 1.38 bits per heavy atom. The van der Waals surface area contributed by atoms with Crippen molar-refractivity contribution < 1.29 is 4.74 Å². The van der Waals surface area contributed by atoms with Crippen molar-refractivity contribution in [3.8, 4) is 0 Å². The molecule has 4 heteroatoms. The van der Waals surface area contributed by atoms with Crippen molar-refractivity contribution in [3.05, 3.63) is 23.5 Å². The molecule has 1 aliphatic heterocycles. The summed E-state index contributed by atoms with van der Waals surface area (Å²) in [6.45, 7) is 9.89. The molecular weight excluding hydrogens is 298 g/mol. The van der Waals surface area contributed by atoms with Crippen LogP contribution < -0.4 is 0 Å². The SMILES string of the molecule is CCCCN(C)Cc1cn[nH]c1C1=CCC2(CC1)CC(C)(C)CO2. The lowest BCUT2D eigenvalue weighted by Crippen LogP contribution is -2.30. The second-order valence-electron chi connectivity index (χ2n) is 8.61. The lowest BCUT2D eigenvalue weighted by molar-refractivity contribution is -0.00367. The van der Waals surface area contributed by atoms with Gasteiger partial charge >= 0.3 is 0 Å². The standard InChI is InChI=1S/C20H33N3O/c1-5-6-11-23(4)13-17-12-21-22-18(17)16-7-9-20(10-8-16)14-19(2,3)15-24-20/h7,12H,5-6,8-11,13-15H2,1-4H3,(H,21,22). The molecule has 4 nitrogen and oxygen atoms in total. The van der Waals surface area contributed by atoms with E-state index in [1.54, 1.807) is 0 Å². The van der Waals surface area contributed by atoms with Crippen LogP contribution in [-0.2, 0) is 11.3 Å². The lowest BCUT2D eigenvalue weighted by Gasteiger charge is -2.32. The minimum Gasteiger partial charge on any atom is -0.374 e. The molecule has 0 bridgehead atoms. The number of aromatic nitrogens is 2. The van der Waals surface area contributed by atoms with Gasteiger partial charge in [-0.2, -0.15) is 5.10 Å². The molecule has 1 saturated heterocycles. The molecule has 0 amide bonds. The maximum Gasteiger partial charge on any atom is 0.0726 e. The Bertz CT molecular complexity index is 589. The molecule has 1 N–H and O–H groups in total. The summed E-state index contributed by atoms with van der Waals surface area (Å²) >= 11 is 0. The number of ether oxygens (including phenoxy) is 1. The van der Waals surface area contributed by atoms with Crippen LogP contribution in [0.5, 0.6) is 0 Å². The van der Waals surface area contributed by atoms with Gasteiger partial charge in [-0.05, 0) is 56.7 Å². The van der Waals surface area contributed by atoms with E-state index in [9.17, 15) is 0 Å². The highest BCUT2D eigenvalue weighted by Gasteiger charge is 2.44. The van der Waals surface area contributed by atoms with E-state index in [-0.39, 0.29) is 5.60 Å². The van der Waals surface area contributed by atoms with Gasteiger partial charge in [0.1, 0.15) is 0 Å². The van der Waals surface area contributed by atoms with Crippen molar-refractivity contribution >= 4 is 5.57 Å². The van der Waals surface area contributed by atoms with E-state index in [0.717, 1.165) is 39.0 Å². The van der Waals surface area contributed by atoms with Crippen LogP contribution in [0.4, 0.5) is 0 Å². The predicted molar refractivity (Wildman–Crippen MR) is 98.7 cm³/mol. The van der Waals surface area contributed by atoms with Crippen LogP contribution in [0.25, 0.3) is 5.57 Å². The summed E-state index contributed by atoms with van der Waals surface area (Å²) in [6.07, 6.45) is 11.3. The average molecular weight is 332 g/mol. The van der Waals surface area contributed by atoms with Crippen LogP contribution in [0.15, 0.2) is 12.3 Å². The zero-order chi connectivity index (χ0) is 17.2. The highest BCUT2D eigenvalue weighted by Crippen LogP contribution is 2.47. The Labute approximate surface area is 146 Å². The first kappa shape index (κ1) is 17.7. The van der Waals surface area contributed by atoms with Gasteiger partial charge in [-0.15, -0.1) is 0 Å². The van der Waals surface area contributed by atoms with Crippen LogP contribution in [-0.4, -0.2) is 40.9 Å². The average Bonchev–Trinajstić information content (AvgIpc) is 3.11. The van der Waals surface area contributed by atoms with E-state index >= 15 is 0 Å². The number of allylic oxidation sites excluding steroid dienone is 1. The first-order chi connectivity index (χ1) is 11.4. The molecule has 1 spiro atoms. The molecule has 0 radical (unpaired) electrons. The molecule has 3 rings (SSSR count). The fraction of sp³-hybridized carbons (Fsp3) is 0.750. The summed E-state index contributed by atoms with van der Waals surface area (Å²) in [5, 5.41) is 7.57. The molecule has 1 atom stereocenters. The number of rotatable bonds is 6. The van der Waals surface area contributed by atoms with Crippen molar-refractivity contribution in [2.45, 2.75) is 71.4 Å². The number of unbranched alkanes of at least 4 members (excludes halogenated alkanes) is 1. The van der Waals surface area contributed by atoms with Crippen LogP contribution in [0.3, 0.4) is 0 Å². The van der Waals surface area contributed by atoms with Gasteiger partial charge in [0.15, 0.2) is 0 Å². The summed E-state index contributed by atoms with van der Waals surface area (Å²) in [4.78, 5) is 2.39. The molecule has 134 valence electrons. The molecule has 1 aliphatic carbocycles. The summed E-state index contributed by atoms with van der Waals surface area (Å²) < 4.78 is 6.22. The molecule has 1 aromatic heterocycles. The largest absolute Gasteiger partial charge is 0.374 e. The van der Waals surface area contributed by atoms with E-state index in [4.69, 9.17) is 4.74 Å². The third kappa shape index (κ3) is 3.92. The Balaban J connectivity index is 1.66. The third-order valence-electron chi connectivity index (χ3n) is 5.51. The quantitative estimate of drug-likeness (QED) is 0.840. The first-order valence-corrected chi connectivity index (χ1v) is 9.47. The third-order valence-corrected chi connectivity index (χ3v) is 5.51. The van der Waals surface area contributed by atoms with E-state index < -0.39 is 0 Å². The topological polar surface area (TPSA) is 41.2 Å². The van der Waals surface area contributed by atoms with Crippen LogP contribution in [0.2, 0.25) is 0 Å². The van der Waals surface area contributed by atoms with Gasteiger partial charge in [0.2, 0.25) is 0 Å². The zero-order valence-electron chi connectivity index (χ0n) is 15.8. The fourth-order valence-electron chi connectivity index (χ4n) is 4.22. The van der Waals surface area contributed by atoms with Crippen molar-refractivity contribution in [2.24, 2.45) is 5.41 Å².